The van der Waals surface area contributed by atoms with Crippen LogP contribution in [0.5, 0.6) is 0 Å². The molecule has 0 bridgehead atoms. The van der Waals surface area contributed by atoms with Crippen molar-refractivity contribution in [1.82, 2.24) is 0 Å². The molecule has 0 amide bonds. The van der Waals surface area contributed by atoms with Crippen LogP contribution in [0.4, 0.5) is 0 Å². The van der Waals surface area contributed by atoms with Gasteiger partial charge in [0.1, 0.15) is 0 Å². The molecule has 4 rings (SSSR count). The van der Waals surface area contributed by atoms with Gasteiger partial charge in [0.2, 0.25) is 0 Å². The van der Waals surface area contributed by atoms with Crippen molar-refractivity contribution in [2.75, 3.05) is 0 Å². The molecule has 0 aliphatic heterocycles. The molecule has 29 heavy (non-hydrogen) atoms. The highest BCUT2D eigenvalue weighted by molar-refractivity contribution is 14.1. The Labute approximate surface area is 198 Å². The molecule has 0 aromatic rings. The van der Waals surface area contributed by atoms with Gasteiger partial charge in [-0.25, -0.2) is 0 Å². The molecule has 0 spiro atoms. The van der Waals surface area contributed by atoms with Gasteiger partial charge in [-0.3, -0.25) is 0 Å². The minimum atomic E-state index is -1.23. The zero-order valence-corrected chi connectivity index (χ0v) is 24.5. The summed E-state index contributed by atoms with van der Waals surface area (Å²) in [6.45, 7) is 16.7. The zero-order chi connectivity index (χ0) is 21.0. The molecule has 0 nitrogen and oxygen atoms in total. The third-order valence-corrected chi connectivity index (χ3v) is 34.0. The zero-order valence-electron chi connectivity index (χ0n) is 20.4. The van der Waals surface area contributed by atoms with Crippen molar-refractivity contribution >= 4 is 37.8 Å². The number of fused-ring (bicyclic) bond motifs is 2. The number of alkyl halides is 1. The van der Waals surface area contributed by atoms with Crippen molar-refractivity contribution < 1.29 is 0 Å². The molecule has 0 aromatic heterocycles. The predicted octanol–water partition coefficient (Wildman–Crippen LogP) is 9.11. The van der Waals surface area contributed by atoms with Crippen LogP contribution in [0.2, 0.25) is 37.3 Å². The predicted molar refractivity (Wildman–Crippen MR) is 143 cm³/mol. The van der Waals surface area contributed by atoms with Crippen LogP contribution >= 0.6 is 22.6 Å². The lowest BCUT2D eigenvalue weighted by molar-refractivity contribution is 0.173. The fourth-order valence-electron chi connectivity index (χ4n) is 9.26. The lowest BCUT2D eigenvalue weighted by Crippen LogP contribution is -2.62. The summed E-state index contributed by atoms with van der Waals surface area (Å²) in [7, 11) is -2.41. The standard InChI is InChI=1S/C26H49ISi2/c1-7-8-10-19-13-14-21(16-19)28(3,4)29(5,6)26-18(2)15-23-24(26)17-20-11-9-12-22(20)25(23)27/h18-26H,7-17H2,1-6H3. The molecule has 9 atom stereocenters. The van der Waals surface area contributed by atoms with Gasteiger partial charge >= 0.3 is 0 Å². The lowest BCUT2D eigenvalue weighted by Gasteiger charge is -2.52. The Kier molecular flexibility index (Phi) is 7.11. The van der Waals surface area contributed by atoms with Crippen LogP contribution in [0.15, 0.2) is 0 Å². The van der Waals surface area contributed by atoms with Crippen molar-refractivity contribution in [2.24, 2.45) is 35.5 Å². The Morgan fingerprint density at radius 3 is 2.31 bits per heavy atom. The van der Waals surface area contributed by atoms with E-state index in [0.717, 1.165) is 50.5 Å². The summed E-state index contributed by atoms with van der Waals surface area (Å²) in [5.41, 5.74) is 2.29. The lowest BCUT2D eigenvalue weighted by atomic mass is 9.71. The van der Waals surface area contributed by atoms with E-state index in [9.17, 15) is 0 Å². The first-order valence-corrected chi connectivity index (χ1v) is 21.7. The molecule has 168 valence electrons. The maximum Gasteiger partial charge on any atom is 0.0451 e. The molecular weight excluding hydrogens is 495 g/mol. The van der Waals surface area contributed by atoms with Gasteiger partial charge in [0.25, 0.3) is 0 Å². The van der Waals surface area contributed by atoms with Gasteiger partial charge in [0, 0.05) is 19.1 Å². The molecule has 0 saturated heterocycles. The summed E-state index contributed by atoms with van der Waals surface area (Å²) in [5, 5.41) is 0. The minimum Gasteiger partial charge on any atom is -0.0820 e. The summed E-state index contributed by atoms with van der Waals surface area (Å²) in [6.07, 6.45) is 17.1. The van der Waals surface area contributed by atoms with E-state index in [-0.39, 0.29) is 0 Å². The SMILES string of the molecule is CCCCC1CCC([Si](C)(C)[Si](C)(C)C2C(C)CC3C(I)C4CCCC4CC32)C1. The summed E-state index contributed by atoms with van der Waals surface area (Å²) in [5.74, 6) is 6.48. The molecule has 4 aliphatic rings. The van der Waals surface area contributed by atoms with Crippen LogP contribution in [0.1, 0.15) is 84.5 Å². The quantitative estimate of drug-likeness (QED) is 0.178. The second kappa shape index (κ2) is 8.84. The van der Waals surface area contributed by atoms with Crippen LogP contribution < -0.4 is 0 Å². The maximum absolute atomic E-state index is 2.94. The average Bonchev–Trinajstić information content (AvgIpc) is 3.38. The summed E-state index contributed by atoms with van der Waals surface area (Å²) < 4.78 is 1.01. The number of hydrogen-bond donors (Lipinski definition) is 0. The number of unbranched alkanes of at least 4 members (excludes halogenated alkanes) is 1. The minimum absolute atomic E-state index is 1.01. The topological polar surface area (TPSA) is 0 Å². The van der Waals surface area contributed by atoms with E-state index in [1.807, 2.05) is 0 Å². The van der Waals surface area contributed by atoms with Gasteiger partial charge in [0.15, 0.2) is 0 Å². The van der Waals surface area contributed by atoms with Gasteiger partial charge in [0.05, 0.1) is 0 Å². The molecule has 4 fully saturated rings. The normalized spacial score (nSPS) is 45.4. The molecule has 0 N–H and O–H groups in total. The average molecular weight is 545 g/mol. The van der Waals surface area contributed by atoms with E-state index in [1.54, 1.807) is 44.9 Å². The molecule has 0 heterocycles. The van der Waals surface area contributed by atoms with Crippen molar-refractivity contribution in [2.45, 2.75) is 126 Å². The summed E-state index contributed by atoms with van der Waals surface area (Å²) in [6, 6.07) is 0. The molecule has 4 aliphatic carbocycles. The number of hydrogen-bond acceptors (Lipinski definition) is 0. The van der Waals surface area contributed by atoms with Crippen LogP contribution in [-0.4, -0.2) is 19.1 Å². The molecule has 0 radical (unpaired) electrons. The van der Waals surface area contributed by atoms with Crippen LogP contribution in [0.3, 0.4) is 0 Å². The molecule has 0 aromatic carbocycles. The van der Waals surface area contributed by atoms with Gasteiger partial charge in [-0.1, -0.05) is 114 Å². The van der Waals surface area contributed by atoms with Gasteiger partial charge in [-0.15, -0.1) is 0 Å². The fraction of sp³-hybridized carbons (Fsp3) is 1.00. The van der Waals surface area contributed by atoms with E-state index in [0.29, 0.717) is 0 Å². The highest BCUT2D eigenvalue weighted by Crippen LogP contribution is 2.64. The molecule has 4 saturated carbocycles. The third kappa shape index (κ3) is 4.02. The first kappa shape index (κ1) is 23.3. The van der Waals surface area contributed by atoms with E-state index in [4.69, 9.17) is 0 Å². The van der Waals surface area contributed by atoms with E-state index in [1.165, 1.54) is 25.7 Å². The number of rotatable bonds is 6. The van der Waals surface area contributed by atoms with Crippen LogP contribution in [0.25, 0.3) is 0 Å². The maximum atomic E-state index is 2.94. The first-order valence-electron chi connectivity index (χ1n) is 13.3. The van der Waals surface area contributed by atoms with Crippen LogP contribution in [-0.2, 0) is 0 Å². The van der Waals surface area contributed by atoms with Gasteiger partial charge < -0.3 is 0 Å². The second-order valence-corrected chi connectivity index (χ2v) is 30.6. The Balaban J connectivity index is 1.52. The Morgan fingerprint density at radius 2 is 1.59 bits per heavy atom. The van der Waals surface area contributed by atoms with Crippen molar-refractivity contribution in [3.8, 4) is 0 Å². The van der Waals surface area contributed by atoms with Gasteiger partial charge in [-0.2, -0.15) is 0 Å². The third-order valence-electron chi connectivity index (χ3n) is 11.4. The Bertz CT molecular complexity index is 573. The fourth-order valence-corrected chi connectivity index (χ4v) is 25.8. The van der Waals surface area contributed by atoms with Crippen molar-refractivity contribution in [3.63, 3.8) is 0 Å². The van der Waals surface area contributed by atoms with Crippen molar-refractivity contribution in [1.29, 1.82) is 0 Å². The first-order chi connectivity index (χ1) is 13.7. The summed E-state index contributed by atoms with van der Waals surface area (Å²) >= 11 is 2.94. The monoisotopic (exact) mass is 544 g/mol. The smallest absolute Gasteiger partial charge is 0.0451 e. The van der Waals surface area contributed by atoms with Gasteiger partial charge in [-0.05, 0) is 65.9 Å². The molecule has 3 heteroatoms. The Hall–Kier alpha value is 1.16. The Morgan fingerprint density at radius 1 is 0.828 bits per heavy atom. The highest BCUT2D eigenvalue weighted by atomic mass is 127. The van der Waals surface area contributed by atoms with Crippen molar-refractivity contribution in [3.05, 3.63) is 0 Å². The van der Waals surface area contributed by atoms with E-state index < -0.39 is 15.2 Å². The summed E-state index contributed by atoms with van der Waals surface area (Å²) in [4.78, 5) is 0. The largest absolute Gasteiger partial charge is 0.0820 e. The van der Waals surface area contributed by atoms with Crippen LogP contribution in [0, 0.1) is 35.5 Å². The highest BCUT2D eigenvalue weighted by Gasteiger charge is 2.61. The van der Waals surface area contributed by atoms with E-state index >= 15 is 0 Å². The molecule has 9 unspecified atom stereocenters. The number of halogens is 1. The second-order valence-electron chi connectivity index (χ2n) is 13.1. The van der Waals surface area contributed by atoms with E-state index in [2.05, 4.69) is 62.6 Å². The molecular formula is C26H49ISi2.